The summed E-state index contributed by atoms with van der Waals surface area (Å²) in [7, 11) is 0. The van der Waals surface area contributed by atoms with Crippen LogP contribution in [0.4, 0.5) is 11.5 Å². The molecule has 0 aliphatic heterocycles. The Kier molecular flexibility index (Phi) is 3.91. The summed E-state index contributed by atoms with van der Waals surface area (Å²) in [6.07, 6.45) is 2.08. The maximum Gasteiger partial charge on any atom is 0.147 e. The zero-order valence-corrected chi connectivity index (χ0v) is 16.0. The summed E-state index contributed by atoms with van der Waals surface area (Å²) in [4.78, 5) is 5.04. The highest BCUT2D eigenvalue weighted by molar-refractivity contribution is 9.10. The van der Waals surface area contributed by atoms with E-state index in [1.54, 1.807) is 0 Å². The molecule has 2 aromatic heterocycles. The average molecular weight is 414 g/mol. The highest BCUT2D eigenvalue weighted by Gasteiger charge is 2.17. The maximum atomic E-state index is 5.04. The van der Waals surface area contributed by atoms with Crippen molar-refractivity contribution in [3.63, 3.8) is 0 Å². The molecule has 5 rings (SSSR count). The lowest BCUT2D eigenvalue weighted by Crippen LogP contribution is -1.97. The molecular formula is C23H16BrN3. The van der Waals surface area contributed by atoms with E-state index in [9.17, 15) is 0 Å². The Bertz CT molecular complexity index is 1260. The Balaban J connectivity index is 1.82. The molecule has 0 saturated carbocycles. The van der Waals surface area contributed by atoms with Crippen molar-refractivity contribution in [2.45, 2.75) is 0 Å². The first-order valence-corrected chi connectivity index (χ1v) is 9.57. The van der Waals surface area contributed by atoms with Gasteiger partial charge in [-0.25, -0.2) is 4.98 Å². The first-order chi connectivity index (χ1) is 13.3. The summed E-state index contributed by atoms with van der Waals surface area (Å²) >= 11 is 3.68. The van der Waals surface area contributed by atoms with Gasteiger partial charge in [0.15, 0.2) is 0 Å². The third-order valence-corrected chi connectivity index (χ3v) is 5.37. The van der Waals surface area contributed by atoms with Crippen molar-refractivity contribution in [3.8, 4) is 11.3 Å². The summed E-state index contributed by atoms with van der Waals surface area (Å²) in [6, 6.07) is 28.9. The lowest BCUT2D eigenvalue weighted by Gasteiger charge is -2.10. The van der Waals surface area contributed by atoms with Crippen molar-refractivity contribution in [2.24, 2.45) is 0 Å². The van der Waals surface area contributed by atoms with Crippen LogP contribution in [0.2, 0.25) is 0 Å². The van der Waals surface area contributed by atoms with Crippen LogP contribution in [0.25, 0.3) is 27.7 Å². The van der Waals surface area contributed by atoms with E-state index in [2.05, 4.69) is 80.4 Å². The lowest BCUT2D eigenvalue weighted by atomic mass is 10.1. The van der Waals surface area contributed by atoms with Crippen LogP contribution in [0.5, 0.6) is 0 Å². The minimum atomic E-state index is 0.919. The molecule has 5 aromatic rings. The fourth-order valence-electron chi connectivity index (χ4n) is 3.39. The quantitative estimate of drug-likeness (QED) is 0.358. The van der Waals surface area contributed by atoms with Gasteiger partial charge in [0.2, 0.25) is 0 Å². The van der Waals surface area contributed by atoms with E-state index in [4.69, 9.17) is 4.98 Å². The van der Waals surface area contributed by atoms with E-state index in [-0.39, 0.29) is 0 Å². The highest BCUT2D eigenvalue weighted by atomic mass is 79.9. The predicted octanol–water partition coefficient (Wildman–Crippen LogP) is 6.66. The Labute approximate surface area is 165 Å². The fraction of sp³-hybridized carbons (Fsp3) is 0. The SMILES string of the molecule is Brc1ccccc1-c1nc2c3ccccc3ccn2c1Nc1ccccc1. The molecule has 0 fully saturated rings. The fourth-order valence-corrected chi connectivity index (χ4v) is 3.86. The van der Waals surface area contributed by atoms with Gasteiger partial charge in [0.05, 0.1) is 0 Å². The lowest BCUT2D eigenvalue weighted by molar-refractivity contribution is 1.20. The van der Waals surface area contributed by atoms with Crippen molar-refractivity contribution in [3.05, 3.63) is 95.6 Å². The Morgan fingerprint density at radius 2 is 1.52 bits per heavy atom. The van der Waals surface area contributed by atoms with Crippen LogP contribution in [-0.2, 0) is 0 Å². The summed E-state index contributed by atoms with van der Waals surface area (Å²) < 4.78 is 3.15. The number of nitrogens with zero attached hydrogens (tertiary/aromatic N) is 2. The minimum absolute atomic E-state index is 0.919. The monoisotopic (exact) mass is 413 g/mol. The molecule has 0 bridgehead atoms. The van der Waals surface area contributed by atoms with E-state index in [0.717, 1.165) is 38.3 Å². The maximum absolute atomic E-state index is 5.04. The summed E-state index contributed by atoms with van der Waals surface area (Å²) in [5.41, 5.74) is 3.95. The molecule has 130 valence electrons. The molecule has 2 heterocycles. The molecule has 3 nitrogen and oxygen atoms in total. The van der Waals surface area contributed by atoms with Crippen molar-refractivity contribution < 1.29 is 0 Å². The van der Waals surface area contributed by atoms with Crippen molar-refractivity contribution in [1.29, 1.82) is 0 Å². The van der Waals surface area contributed by atoms with Crippen molar-refractivity contribution >= 4 is 43.9 Å². The number of para-hydroxylation sites is 1. The molecule has 4 heteroatoms. The van der Waals surface area contributed by atoms with E-state index < -0.39 is 0 Å². The van der Waals surface area contributed by atoms with E-state index >= 15 is 0 Å². The van der Waals surface area contributed by atoms with Gasteiger partial charge in [-0.2, -0.15) is 0 Å². The number of hydrogen-bond donors (Lipinski definition) is 1. The van der Waals surface area contributed by atoms with Crippen LogP contribution in [0.3, 0.4) is 0 Å². The number of fused-ring (bicyclic) bond motifs is 3. The predicted molar refractivity (Wildman–Crippen MR) is 116 cm³/mol. The number of halogens is 1. The first kappa shape index (κ1) is 16.1. The number of aromatic nitrogens is 2. The normalized spacial score (nSPS) is 11.1. The number of anilines is 2. The van der Waals surface area contributed by atoms with Gasteiger partial charge in [-0.15, -0.1) is 0 Å². The second-order valence-electron chi connectivity index (χ2n) is 6.38. The Hall–Kier alpha value is -3.11. The van der Waals surface area contributed by atoms with Gasteiger partial charge in [0.25, 0.3) is 0 Å². The number of rotatable bonds is 3. The zero-order chi connectivity index (χ0) is 18.2. The topological polar surface area (TPSA) is 29.3 Å². The number of pyridine rings is 1. The molecule has 0 atom stereocenters. The molecule has 0 spiro atoms. The first-order valence-electron chi connectivity index (χ1n) is 8.78. The van der Waals surface area contributed by atoms with Gasteiger partial charge in [0.1, 0.15) is 17.2 Å². The number of imidazole rings is 1. The number of hydrogen-bond acceptors (Lipinski definition) is 2. The third kappa shape index (κ3) is 2.78. The molecular weight excluding hydrogens is 398 g/mol. The van der Waals surface area contributed by atoms with Crippen molar-refractivity contribution in [2.75, 3.05) is 5.32 Å². The van der Waals surface area contributed by atoms with Crippen LogP contribution < -0.4 is 5.32 Å². The van der Waals surface area contributed by atoms with Gasteiger partial charge in [0, 0.05) is 27.3 Å². The number of benzene rings is 3. The largest absolute Gasteiger partial charge is 0.339 e. The molecule has 3 aromatic carbocycles. The molecule has 1 N–H and O–H groups in total. The summed E-state index contributed by atoms with van der Waals surface area (Å²) in [5, 5.41) is 5.88. The standard InChI is InChI=1S/C23H16BrN3/c24-20-13-7-6-12-19(20)21-23(25-17-9-2-1-3-10-17)27-15-14-16-8-4-5-11-18(16)22(27)26-21/h1-15,25H. The molecule has 0 radical (unpaired) electrons. The third-order valence-electron chi connectivity index (χ3n) is 4.68. The van der Waals surface area contributed by atoms with Crippen LogP contribution in [0.15, 0.2) is 95.6 Å². The van der Waals surface area contributed by atoms with Crippen LogP contribution in [-0.4, -0.2) is 9.38 Å². The second-order valence-corrected chi connectivity index (χ2v) is 7.23. The molecule has 0 aliphatic carbocycles. The zero-order valence-electron chi connectivity index (χ0n) is 14.4. The second kappa shape index (κ2) is 6.56. The highest BCUT2D eigenvalue weighted by Crippen LogP contribution is 2.36. The van der Waals surface area contributed by atoms with Gasteiger partial charge >= 0.3 is 0 Å². The van der Waals surface area contributed by atoms with Gasteiger partial charge in [-0.3, -0.25) is 4.40 Å². The van der Waals surface area contributed by atoms with Gasteiger partial charge in [-0.1, -0.05) is 76.6 Å². The molecule has 0 amide bonds. The average Bonchev–Trinajstić information content (AvgIpc) is 3.08. The van der Waals surface area contributed by atoms with Crippen LogP contribution in [0, 0.1) is 0 Å². The Morgan fingerprint density at radius 3 is 2.37 bits per heavy atom. The van der Waals surface area contributed by atoms with E-state index in [0.29, 0.717) is 0 Å². The van der Waals surface area contributed by atoms with Crippen LogP contribution in [0.1, 0.15) is 0 Å². The van der Waals surface area contributed by atoms with E-state index in [1.807, 2.05) is 36.4 Å². The molecule has 0 aliphatic rings. The number of nitrogens with one attached hydrogen (secondary N) is 1. The summed E-state index contributed by atoms with van der Waals surface area (Å²) in [6.45, 7) is 0. The van der Waals surface area contributed by atoms with Crippen LogP contribution >= 0.6 is 15.9 Å². The smallest absolute Gasteiger partial charge is 0.147 e. The van der Waals surface area contributed by atoms with Crippen molar-refractivity contribution in [1.82, 2.24) is 9.38 Å². The van der Waals surface area contributed by atoms with Gasteiger partial charge < -0.3 is 5.32 Å². The van der Waals surface area contributed by atoms with Gasteiger partial charge in [-0.05, 0) is 29.7 Å². The molecule has 0 unspecified atom stereocenters. The summed E-state index contributed by atoms with van der Waals surface area (Å²) in [5.74, 6) is 0.953. The minimum Gasteiger partial charge on any atom is -0.339 e. The molecule has 27 heavy (non-hydrogen) atoms. The van der Waals surface area contributed by atoms with E-state index in [1.165, 1.54) is 5.39 Å². The Morgan fingerprint density at radius 1 is 0.778 bits per heavy atom. The molecule has 0 saturated heterocycles.